The van der Waals surface area contributed by atoms with Gasteiger partial charge < -0.3 is 11.1 Å². The zero-order valence-corrected chi connectivity index (χ0v) is 13.2. The largest absolute Gasteiger partial charge is 0.348 e. The van der Waals surface area contributed by atoms with Crippen molar-refractivity contribution in [1.29, 1.82) is 0 Å². The zero-order chi connectivity index (χ0) is 13.0. The lowest BCUT2D eigenvalue weighted by atomic mass is 10.0. The standard InChI is InChI=1S/C13H19BrN2O.ClH/c1-8(2)12(15)13(17)16-9(3)10-4-6-11(14)7-5-10;/h4-9,12H,15H2,1-3H3,(H,16,17);1H/t9?,12-;/m1./s1. The molecule has 3 nitrogen and oxygen atoms in total. The van der Waals surface area contributed by atoms with E-state index in [1.807, 2.05) is 45.0 Å². The smallest absolute Gasteiger partial charge is 0.237 e. The Morgan fingerprint density at radius 2 is 1.72 bits per heavy atom. The number of carbonyl (C=O) groups is 1. The molecule has 5 heteroatoms. The van der Waals surface area contributed by atoms with Crippen LogP contribution in [0.4, 0.5) is 0 Å². The Hall–Kier alpha value is -0.580. The van der Waals surface area contributed by atoms with E-state index in [4.69, 9.17) is 5.73 Å². The summed E-state index contributed by atoms with van der Waals surface area (Å²) in [5.74, 6) is 0.0440. The number of hydrogen-bond donors (Lipinski definition) is 2. The van der Waals surface area contributed by atoms with Gasteiger partial charge in [0.25, 0.3) is 0 Å². The van der Waals surface area contributed by atoms with Gasteiger partial charge >= 0.3 is 0 Å². The highest BCUT2D eigenvalue weighted by atomic mass is 79.9. The summed E-state index contributed by atoms with van der Waals surface area (Å²) in [4.78, 5) is 11.8. The van der Waals surface area contributed by atoms with Crippen LogP contribution in [0.1, 0.15) is 32.4 Å². The van der Waals surface area contributed by atoms with Crippen LogP contribution in [-0.2, 0) is 4.79 Å². The first-order valence-corrected chi connectivity index (χ1v) is 6.52. The lowest BCUT2D eigenvalue weighted by Gasteiger charge is -2.20. The second-order valence-electron chi connectivity index (χ2n) is 4.55. The molecule has 0 aromatic heterocycles. The van der Waals surface area contributed by atoms with Crippen LogP contribution < -0.4 is 11.1 Å². The third-order valence-electron chi connectivity index (χ3n) is 2.75. The number of carbonyl (C=O) groups excluding carboxylic acids is 1. The molecule has 1 aromatic rings. The minimum Gasteiger partial charge on any atom is -0.348 e. The number of nitrogens with one attached hydrogen (secondary N) is 1. The number of benzene rings is 1. The number of nitrogens with two attached hydrogens (primary N) is 1. The van der Waals surface area contributed by atoms with Crippen LogP contribution >= 0.6 is 28.3 Å². The minimum absolute atomic E-state index is 0. The van der Waals surface area contributed by atoms with Gasteiger partial charge in [-0.25, -0.2) is 0 Å². The summed E-state index contributed by atoms with van der Waals surface area (Å²) in [6.07, 6.45) is 0. The minimum atomic E-state index is -0.451. The quantitative estimate of drug-likeness (QED) is 0.888. The molecule has 1 rings (SSSR count). The first kappa shape index (κ1) is 17.4. The molecule has 0 heterocycles. The molecule has 18 heavy (non-hydrogen) atoms. The van der Waals surface area contributed by atoms with Gasteiger partial charge in [-0.2, -0.15) is 0 Å². The maximum absolute atomic E-state index is 11.8. The van der Waals surface area contributed by atoms with Crippen LogP contribution in [0.5, 0.6) is 0 Å². The first-order valence-electron chi connectivity index (χ1n) is 5.73. The Balaban J connectivity index is 0.00000289. The Morgan fingerprint density at radius 3 is 2.17 bits per heavy atom. The van der Waals surface area contributed by atoms with Crippen molar-refractivity contribution in [3.8, 4) is 0 Å². The molecule has 0 saturated carbocycles. The number of hydrogen-bond acceptors (Lipinski definition) is 2. The predicted octanol–water partition coefficient (Wildman–Crippen LogP) is 3.03. The molecule has 1 amide bonds. The molecule has 0 aliphatic carbocycles. The van der Waals surface area contributed by atoms with Crippen LogP contribution in [-0.4, -0.2) is 11.9 Å². The molecule has 0 radical (unpaired) electrons. The second-order valence-corrected chi connectivity index (χ2v) is 5.47. The second kappa shape index (κ2) is 7.77. The molecule has 0 fully saturated rings. The summed E-state index contributed by atoms with van der Waals surface area (Å²) in [6.45, 7) is 5.83. The Kier molecular flexibility index (Phi) is 7.52. The Labute approximate surface area is 123 Å². The van der Waals surface area contributed by atoms with Gasteiger partial charge in [-0.1, -0.05) is 41.9 Å². The summed E-state index contributed by atoms with van der Waals surface area (Å²) in [7, 11) is 0. The fraction of sp³-hybridized carbons (Fsp3) is 0.462. The SMILES string of the molecule is CC(NC(=O)[C@H](N)C(C)C)c1ccc(Br)cc1.Cl. The lowest BCUT2D eigenvalue weighted by molar-refractivity contribution is -0.123. The highest BCUT2D eigenvalue weighted by Crippen LogP contribution is 2.16. The first-order chi connectivity index (χ1) is 7.91. The molecule has 0 aliphatic heterocycles. The Bertz CT molecular complexity index is 381. The van der Waals surface area contributed by atoms with E-state index in [1.165, 1.54) is 0 Å². The normalized spacial score (nSPS) is 13.7. The van der Waals surface area contributed by atoms with Gasteiger partial charge in [0.2, 0.25) is 5.91 Å². The van der Waals surface area contributed by atoms with Crippen LogP contribution in [0.25, 0.3) is 0 Å². The van der Waals surface area contributed by atoms with Crippen LogP contribution in [0.2, 0.25) is 0 Å². The van der Waals surface area contributed by atoms with Gasteiger partial charge in [-0.15, -0.1) is 12.4 Å². The average molecular weight is 336 g/mol. The molecule has 0 spiro atoms. The fourth-order valence-electron chi connectivity index (χ4n) is 1.45. The lowest BCUT2D eigenvalue weighted by Crippen LogP contribution is -2.44. The van der Waals surface area contributed by atoms with Gasteiger partial charge in [0.1, 0.15) is 0 Å². The van der Waals surface area contributed by atoms with Crippen molar-refractivity contribution in [3.05, 3.63) is 34.3 Å². The zero-order valence-electron chi connectivity index (χ0n) is 10.8. The van der Waals surface area contributed by atoms with E-state index in [9.17, 15) is 4.79 Å². The van der Waals surface area contributed by atoms with Crippen molar-refractivity contribution in [2.24, 2.45) is 11.7 Å². The molecule has 0 aliphatic rings. The highest BCUT2D eigenvalue weighted by molar-refractivity contribution is 9.10. The van der Waals surface area contributed by atoms with Crippen LogP contribution in [0.3, 0.4) is 0 Å². The molecule has 102 valence electrons. The van der Waals surface area contributed by atoms with Gasteiger partial charge in [-0.05, 0) is 30.5 Å². The van der Waals surface area contributed by atoms with Gasteiger partial charge in [-0.3, -0.25) is 4.79 Å². The van der Waals surface area contributed by atoms with Crippen molar-refractivity contribution < 1.29 is 4.79 Å². The number of rotatable bonds is 4. The van der Waals surface area contributed by atoms with E-state index in [2.05, 4.69) is 21.2 Å². The number of amides is 1. The summed E-state index contributed by atoms with van der Waals surface area (Å²) < 4.78 is 1.03. The molecule has 1 unspecified atom stereocenters. The molecule has 2 atom stereocenters. The monoisotopic (exact) mass is 334 g/mol. The van der Waals surface area contributed by atoms with E-state index in [1.54, 1.807) is 0 Å². The molecular weight excluding hydrogens is 316 g/mol. The molecule has 1 aromatic carbocycles. The molecular formula is C13H20BrClN2O. The molecule has 3 N–H and O–H groups in total. The average Bonchev–Trinajstić information content (AvgIpc) is 2.28. The van der Waals surface area contributed by atoms with Crippen molar-refractivity contribution in [3.63, 3.8) is 0 Å². The van der Waals surface area contributed by atoms with E-state index in [-0.39, 0.29) is 30.3 Å². The maximum Gasteiger partial charge on any atom is 0.237 e. The van der Waals surface area contributed by atoms with Gasteiger partial charge in [0.15, 0.2) is 0 Å². The summed E-state index contributed by atoms with van der Waals surface area (Å²) in [6, 6.07) is 7.40. The van der Waals surface area contributed by atoms with Crippen molar-refractivity contribution in [2.75, 3.05) is 0 Å². The van der Waals surface area contributed by atoms with Gasteiger partial charge in [0.05, 0.1) is 12.1 Å². The third-order valence-corrected chi connectivity index (χ3v) is 3.28. The molecule has 0 saturated heterocycles. The van der Waals surface area contributed by atoms with Gasteiger partial charge in [0, 0.05) is 4.47 Å². The predicted molar refractivity (Wildman–Crippen MR) is 80.8 cm³/mol. The highest BCUT2D eigenvalue weighted by Gasteiger charge is 2.19. The molecule has 0 bridgehead atoms. The Morgan fingerprint density at radius 1 is 1.22 bits per heavy atom. The summed E-state index contributed by atoms with van der Waals surface area (Å²) >= 11 is 3.38. The van der Waals surface area contributed by atoms with E-state index in [0.29, 0.717) is 0 Å². The van der Waals surface area contributed by atoms with E-state index >= 15 is 0 Å². The van der Waals surface area contributed by atoms with Crippen molar-refractivity contribution in [1.82, 2.24) is 5.32 Å². The number of halogens is 2. The van der Waals surface area contributed by atoms with Crippen LogP contribution in [0.15, 0.2) is 28.7 Å². The van der Waals surface area contributed by atoms with E-state index in [0.717, 1.165) is 10.0 Å². The maximum atomic E-state index is 11.8. The fourth-order valence-corrected chi connectivity index (χ4v) is 1.71. The topological polar surface area (TPSA) is 55.1 Å². The van der Waals surface area contributed by atoms with Crippen LogP contribution in [0, 0.1) is 5.92 Å². The third kappa shape index (κ3) is 4.96. The van der Waals surface area contributed by atoms with Crippen molar-refractivity contribution in [2.45, 2.75) is 32.9 Å². The van der Waals surface area contributed by atoms with Crippen molar-refractivity contribution >= 4 is 34.2 Å². The summed E-state index contributed by atoms with van der Waals surface area (Å²) in [5.41, 5.74) is 6.86. The summed E-state index contributed by atoms with van der Waals surface area (Å²) in [5, 5.41) is 2.92. The van der Waals surface area contributed by atoms with E-state index < -0.39 is 6.04 Å².